The summed E-state index contributed by atoms with van der Waals surface area (Å²) in [5.74, 6) is 3.21. The topological polar surface area (TPSA) is 58.1 Å². The van der Waals surface area contributed by atoms with Crippen LogP contribution < -0.4 is 20.1 Å². The van der Waals surface area contributed by atoms with E-state index in [2.05, 4.69) is 39.7 Å². The van der Waals surface area contributed by atoms with E-state index in [1.807, 2.05) is 20.0 Å². The smallest absolute Gasteiger partial charge is 0.190 e. The van der Waals surface area contributed by atoms with Crippen molar-refractivity contribution >= 4 is 29.9 Å². The Morgan fingerprint density at radius 3 is 2.79 bits per heavy atom. The summed E-state index contributed by atoms with van der Waals surface area (Å²) in [5.41, 5.74) is 1.26. The molecule has 1 aliphatic rings. The summed E-state index contributed by atoms with van der Waals surface area (Å²) >= 11 is 0. The summed E-state index contributed by atoms with van der Waals surface area (Å²) in [6.45, 7) is 6.89. The van der Waals surface area contributed by atoms with Crippen LogP contribution in [0.15, 0.2) is 23.2 Å². The van der Waals surface area contributed by atoms with Crippen molar-refractivity contribution in [2.24, 2.45) is 10.9 Å². The van der Waals surface area contributed by atoms with E-state index in [-0.39, 0.29) is 24.0 Å². The van der Waals surface area contributed by atoms with Crippen LogP contribution in [0.25, 0.3) is 0 Å². The lowest BCUT2D eigenvalue weighted by Gasteiger charge is -2.30. The normalized spacial score (nSPS) is 17.6. The molecule has 28 heavy (non-hydrogen) atoms. The fourth-order valence-corrected chi connectivity index (χ4v) is 3.55. The van der Waals surface area contributed by atoms with Crippen LogP contribution in [0.2, 0.25) is 0 Å². The largest absolute Gasteiger partial charge is 0.493 e. The number of benzene rings is 1. The molecule has 1 unspecified atom stereocenters. The average molecular weight is 504 g/mol. The number of guanidine groups is 1. The molecule has 1 aromatic rings. The minimum Gasteiger partial charge on any atom is -0.493 e. The van der Waals surface area contributed by atoms with Gasteiger partial charge in [-0.25, -0.2) is 0 Å². The molecular weight excluding hydrogens is 467 g/mol. The van der Waals surface area contributed by atoms with Crippen molar-refractivity contribution in [3.8, 4) is 11.5 Å². The van der Waals surface area contributed by atoms with Crippen molar-refractivity contribution in [2.45, 2.75) is 32.6 Å². The van der Waals surface area contributed by atoms with Crippen molar-refractivity contribution in [3.63, 3.8) is 0 Å². The number of aliphatic imine (C=N–C) groups is 1. The minimum atomic E-state index is 0. The van der Waals surface area contributed by atoms with E-state index in [1.165, 1.54) is 31.5 Å². The molecule has 1 fully saturated rings. The number of likely N-dealkylation sites (tertiary alicyclic amines) is 1. The Bertz CT molecular complexity index is 598. The third-order valence-corrected chi connectivity index (χ3v) is 4.97. The lowest BCUT2D eigenvalue weighted by Crippen LogP contribution is -2.43. The molecule has 2 rings (SSSR count). The van der Waals surface area contributed by atoms with Gasteiger partial charge in [0.05, 0.1) is 13.7 Å². The highest BCUT2D eigenvalue weighted by atomic mass is 127. The predicted octanol–water partition coefficient (Wildman–Crippen LogP) is 3.15. The molecule has 1 aromatic carbocycles. The summed E-state index contributed by atoms with van der Waals surface area (Å²) < 4.78 is 11.0. The summed E-state index contributed by atoms with van der Waals surface area (Å²) in [5, 5.41) is 6.90. The monoisotopic (exact) mass is 504 g/mol. The first-order valence-corrected chi connectivity index (χ1v) is 10.1. The van der Waals surface area contributed by atoms with Crippen LogP contribution in [0.1, 0.15) is 31.7 Å². The van der Waals surface area contributed by atoms with Crippen molar-refractivity contribution in [3.05, 3.63) is 23.8 Å². The van der Waals surface area contributed by atoms with Gasteiger partial charge in [-0.3, -0.25) is 4.99 Å². The average Bonchev–Trinajstić information content (AvgIpc) is 2.68. The minimum absolute atomic E-state index is 0. The summed E-state index contributed by atoms with van der Waals surface area (Å²) in [6.07, 6.45) is 4.61. The quantitative estimate of drug-likeness (QED) is 0.234. The van der Waals surface area contributed by atoms with E-state index in [0.717, 1.165) is 43.4 Å². The zero-order chi connectivity index (χ0) is 19.5. The van der Waals surface area contributed by atoms with Gasteiger partial charge in [-0.15, -0.1) is 24.0 Å². The molecule has 1 atom stereocenters. The Kier molecular flexibility index (Phi) is 12.3. The van der Waals surface area contributed by atoms with Gasteiger partial charge < -0.3 is 25.0 Å². The maximum Gasteiger partial charge on any atom is 0.190 e. The second-order valence-corrected chi connectivity index (χ2v) is 7.17. The third-order valence-electron chi connectivity index (χ3n) is 4.97. The number of halogens is 1. The van der Waals surface area contributed by atoms with Gasteiger partial charge in [-0.05, 0) is 69.8 Å². The van der Waals surface area contributed by atoms with Gasteiger partial charge in [-0.1, -0.05) is 6.07 Å². The first kappa shape index (κ1) is 24.8. The van der Waals surface area contributed by atoms with Crippen LogP contribution in [0, 0.1) is 5.92 Å². The fourth-order valence-electron chi connectivity index (χ4n) is 3.55. The molecular formula is C21H37IN4O2. The molecule has 0 amide bonds. The van der Waals surface area contributed by atoms with Crippen LogP contribution >= 0.6 is 24.0 Å². The second-order valence-electron chi connectivity index (χ2n) is 7.17. The fraction of sp³-hybridized carbons (Fsp3) is 0.667. The number of rotatable bonds is 9. The zero-order valence-electron chi connectivity index (χ0n) is 17.8. The highest BCUT2D eigenvalue weighted by Gasteiger charge is 2.17. The number of hydrogen-bond acceptors (Lipinski definition) is 4. The first-order valence-electron chi connectivity index (χ1n) is 10.1. The highest BCUT2D eigenvalue weighted by Crippen LogP contribution is 2.28. The zero-order valence-corrected chi connectivity index (χ0v) is 20.1. The van der Waals surface area contributed by atoms with Crippen LogP contribution in [0.4, 0.5) is 0 Å². The number of hydrogen-bond donors (Lipinski definition) is 2. The standard InChI is InChI=1S/C21H36N4O2.HI/c1-5-27-20-14-17(10-11-19(20)26-4)8-6-12-23-21(22-2)24-15-18-9-7-13-25(3)16-18;/h10-11,14,18H,5-9,12-13,15-16H2,1-4H3,(H2,22,23,24);1H. The Balaban J connectivity index is 0.00000392. The molecule has 6 nitrogen and oxygen atoms in total. The van der Waals surface area contributed by atoms with E-state index < -0.39 is 0 Å². The molecule has 1 aliphatic heterocycles. The number of aryl methyl sites for hydroxylation is 1. The molecule has 0 saturated carbocycles. The van der Waals surface area contributed by atoms with Gasteiger partial charge in [0.15, 0.2) is 17.5 Å². The Morgan fingerprint density at radius 1 is 1.29 bits per heavy atom. The lowest BCUT2D eigenvalue weighted by atomic mass is 9.99. The van der Waals surface area contributed by atoms with Crippen LogP contribution in [-0.4, -0.2) is 64.9 Å². The molecule has 0 aromatic heterocycles. The van der Waals surface area contributed by atoms with E-state index in [9.17, 15) is 0 Å². The molecule has 2 N–H and O–H groups in total. The highest BCUT2D eigenvalue weighted by molar-refractivity contribution is 14.0. The molecule has 1 saturated heterocycles. The molecule has 0 spiro atoms. The van der Waals surface area contributed by atoms with Gasteiger partial charge in [-0.2, -0.15) is 0 Å². The second kappa shape index (κ2) is 13.9. The van der Waals surface area contributed by atoms with Crippen LogP contribution in [0.5, 0.6) is 11.5 Å². The molecule has 0 radical (unpaired) electrons. The summed E-state index contributed by atoms with van der Waals surface area (Å²) in [4.78, 5) is 6.76. The number of ether oxygens (including phenoxy) is 2. The number of methoxy groups -OCH3 is 1. The third kappa shape index (κ3) is 8.43. The Hall–Kier alpha value is -1.22. The molecule has 160 valence electrons. The summed E-state index contributed by atoms with van der Waals surface area (Å²) in [6, 6.07) is 6.17. The SMILES string of the molecule is CCOc1cc(CCCNC(=NC)NCC2CCCN(C)C2)ccc1OC.I. The van der Waals surface area contributed by atoms with Crippen LogP contribution in [0.3, 0.4) is 0 Å². The Labute approximate surface area is 187 Å². The van der Waals surface area contributed by atoms with Crippen molar-refractivity contribution in [1.29, 1.82) is 0 Å². The lowest BCUT2D eigenvalue weighted by molar-refractivity contribution is 0.210. The first-order chi connectivity index (χ1) is 13.2. The molecule has 7 heteroatoms. The van der Waals surface area contributed by atoms with Gasteiger partial charge in [0.25, 0.3) is 0 Å². The van der Waals surface area contributed by atoms with Crippen LogP contribution in [-0.2, 0) is 6.42 Å². The van der Waals surface area contributed by atoms with Gasteiger partial charge in [0.1, 0.15) is 0 Å². The number of piperidine rings is 1. The molecule has 0 bridgehead atoms. The van der Waals surface area contributed by atoms with E-state index in [4.69, 9.17) is 9.47 Å². The van der Waals surface area contributed by atoms with Crippen molar-refractivity contribution in [2.75, 3.05) is 54.0 Å². The molecule has 0 aliphatic carbocycles. The van der Waals surface area contributed by atoms with Gasteiger partial charge in [0.2, 0.25) is 0 Å². The summed E-state index contributed by atoms with van der Waals surface area (Å²) in [7, 11) is 5.71. The Morgan fingerprint density at radius 2 is 2.11 bits per heavy atom. The number of nitrogens with one attached hydrogen (secondary N) is 2. The molecule has 1 heterocycles. The van der Waals surface area contributed by atoms with Gasteiger partial charge >= 0.3 is 0 Å². The van der Waals surface area contributed by atoms with E-state index in [0.29, 0.717) is 12.5 Å². The van der Waals surface area contributed by atoms with Crippen molar-refractivity contribution in [1.82, 2.24) is 15.5 Å². The van der Waals surface area contributed by atoms with Gasteiger partial charge in [0, 0.05) is 26.7 Å². The maximum absolute atomic E-state index is 5.65. The number of nitrogens with zero attached hydrogens (tertiary/aromatic N) is 2. The maximum atomic E-state index is 5.65. The van der Waals surface area contributed by atoms with Crippen molar-refractivity contribution < 1.29 is 9.47 Å². The van der Waals surface area contributed by atoms with E-state index >= 15 is 0 Å². The predicted molar refractivity (Wildman–Crippen MR) is 127 cm³/mol. The van der Waals surface area contributed by atoms with E-state index in [1.54, 1.807) is 7.11 Å².